The molecule has 1 heterocycles. The van der Waals surface area contributed by atoms with E-state index in [0.29, 0.717) is 37.1 Å². The molecule has 3 nitrogen and oxygen atoms in total. The van der Waals surface area contributed by atoms with Crippen molar-refractivity contribution < 1.29 is 9.21 Å². The van der Waals surface area contributed by atoms with E-state index in [4.69, 9.17) is 50.8 Å². The molecule has 122 valence electrons. The summed E-state index contributed by atoms with van der Waals surface area (Å²) in [6.45, 7) is 0. The number of amides is 1. The molecule has 0 aliphatic carbocycles. The highest BCUT2D eigenvalue weighted by Crippen LogP contribution is 2.32. The Balaban J connectivity index is 1.83. The van der Waals surface area contributed by atoms with Crippen LogP contribution in [0.25, 0.3) is 11.3 Å². The first-order valence-electron chi connectivity index (χ1n) is 6.76. The second kappa shape index (κ2) is 7.08. The zero-order valence-corrected chi connectivity index (χ0v) is 15.0. The van der Waals surface area contributed by atoms with E-state index in [1.54, 1.807) is 48.5 Å². The van der Waals surface area contributed by atoms with Crippen LogP contribution in [0.3, 0.4) is 0 Å². The SMILES string of the molecule is O=C(Nc1ccc(Cl)cc1Cl)c1ccc(-c2ccc(Cl)cc2Cl)o1. The predicted molar refractivity (Wildman–Crippen MR) is 98.6 cm³/mol. The normalized spacial score (nSPS) is 10.7. The zero-order valence-electron chi connectivity index (χ0n) is 11.9. The van der Waals surface area contributed by atoms with E-state index in [-0.39, 0.29) is 5.76 Å². The second-order valence-electron chi connectivity index (χ2n) is 4.87. The molecule has 0 aliphatic heterocycles. The quantitative estimate of drug-likeness (QED) is 0.524. The molecule has 0 fully saturated rings. The van der Waals surface area contributed by atoms with Crippen LogP contribution >= 0.6 is 46.4 Å². The van der Waals surface area contributed by atoms with Crippen LogP contribution in [0, 0.1) is 0 Å². The van der Waals surface area contributed by atoms with Gasteiger partial charge in [0.25, 0.3) is 5.91 Å². The van der Waals surface area contributed by atoms with Gasteiger partial charge in [-0.3, -0.25) is 4.79 Å². The molecule has 0 atom stereocenters. The summed E-state index contributed by atoms with van der Waals surface area (Å²) >= 11 is 23.9. The minimum Gasteiger partial charge on any atom is -0.451 e. The number of anilines is 1. The van der Waals surface area contributed by atoms with Gasteiger partial charge in [0.2, 0.25) is 0 Å². The molecule has 3 aromatic rings. The Morgan fingerprint density at radius 1 is 0.833 bits per heavy atom. The highest BCUT2D eigenvalue weighted by Gasteiger charge is 2.15. The maximum Gasteiger partial charge on any atom is 0.291 e. The van der Waals surface area contributed by atoms with Crippen molar-refractivity contribution in [3.8, 4) is 11.3 Å². The highest BCUT2D eigenvalue weighted by molar-refractivity contribution is 6.37. The van der Waals surface area contributed by atoms with E-state index in [9.17, 15) is 4.79 Å². The summed E-state index contributed by atoms with van der Waals surface area (Å²) in [5.74, 6) is 0.154. The van der Waals surface area contributed by atoms with Crippen molar-refractivity contribution in [2.24, 2.45) is 0 Å². The van der Waals surface area contributed by atoms with Crippen LogP contribution in [0.15, 0.2) is 52.9 Å². The van der Waals surface area contributed by atoms with Gasteiger partial charge in [0, 0.05) is 15.6 Å². The molecule has 1 aromatic heterocycles. The number of furan rings is 1. The van der Waals surface area contributed by atoms with Crippen LogP contribution in [0.4, 0.5) is 5.69 Å². The van der Waals surface area contributed by atoms with Crippen molar-refractivity contribution in [1.29, 1.82) is 0 Å². The lowest BCUT2D eigenvalue weighted by Crippen LogP contribution is -2.11. The van der Waals surface area contributed by atoms with Crippen LogP contribution in [-0.4, -0.2) is 5.91 Å². The molecule has 3 rings (SSSR count). The fourth-order valence-electron chi connectivity index (χ4n) is 2.07. The third-order valence-electron chi connectivity index (χ3n) is 3.21. The largest absolute Gasteiger partial charge is 0.451 e. The van der Waals surface area contributed by atoms with Crippen LogP contribution in [-0.2, 0) is 0 Å². The van der Waals surface area contributed by atoms with Crippen LogP contribution in [0.2, 0.25) is 20.1 Å². The Morgan fingerprint density at radius 3 is 2.17 bits per heavy atom. The Labute approximate surface area is 158 Å². The van der Waals surface area contributed by atoms with Gasteiger partial charge >= 0.3 is 0 Å². The molecule has 0 saturated heterocycles. The van der Waals surface area contributed by atoms with Crippen molar-refractivity contribution in [2.45, 2.75) is 0 Å². The first kappa shape index (κ1) is 17.2. The van der Waals surface area contributed by atoms with E-state index >= 15 is 0 Å². The second-order valence-corrected chi connectivity index (χ2v) is 6.55. The summed E-state index contributed by atoms with van der Waals surface area (Å²) in [4.78, 5) is 12.3. The van der Waals surface area contributed by atoms with Crippen molar-refractivity contribution in [3.63, 3.8) is 0 Å². The third kappa shape index (κ3) is 3.70. The lowest BCUT2D eigenvalue weighted by Gasteiger charge is -2.06. The topological polar surface area (TPSA) is 42.2 Å². The molecule has 0 bridgehead atoms. The number of benzene rings is 2. The van der Waals surface area contributed by atoms with Gasteiger partial charge in [-0.25, -0.2) is 0 Å². The van der Waals surface area contributed by atoms with E-state index in [2.05, 4.69) is 5.32 Å². The molecule has 1 amide bonds. The van der Waals surface area contributed by atoms with Gasteiger partial charge in [-0.15, -0.1) is 0 Å². The Kier molecular flexibility index (Phi) is 5.07. The molecule has 0 unspecified atom stereocenters. The molecular weight excluding hydrogens is 392 g/mol. The van der Waals surface area contributed by atoms with Crippen LogP contribution < -0.4 is 5.32 Å². The number of hydrogen-bond donors (Lipinski definition) is 1. The summed E-state index contributed by atoms with van der Waals surface area (Å²) in [5, 5.41) is 4.44. The monoisotopic (exact) mass is 399 g/mol. The Bertz CT molecular complexity index is 921. The number of nitrogens with one attached hydrogen (secondary N) is 1. The molecule has 0 saturated carbocycles. The number of halogens is 4. The molecule has 7 heteroatoms. The third-order valence-corrected chi connectivity index (χ3v) is 4.30. The van der Waals surface area contributed by atoms with E-state index < -0.39 is 5.91 Å². The lowest BCUT2D eigenvalue weighted by molar-refractivity contribution is 0.0997. The van der Waals surface area contributed by atoms with Gasteiger partial charge in [-0.05, 0) is 48.5 Å². The summed E-state index contributed by atoms with van der Waals surface area (Å²) < 4.78 is 5.58. The number of carbonyl (C=O) groups excluding carboxylic acids is 1. The summed E-state index contributed by atoms with van der Waals surface area (Å²) in [6.07, 6.45) is 0. The van der Waals surface area contributed by atoms with Gasteiger partial charge in [-0.2, -0.15) is 0 Å². The standard InChI is InChI=1S/C17H9Cl4NO2/c18-9-1-3-11(12(20)7-9)15-5-6-16(24-15)17(23)22-14-4-2-10(19)8-13(14)21/h1-8H,(H,22,23). The van der Waals surface area contributed by atoms with E-state index in [1.165, 1.54) is 0 Å². The van der Waals surface area contributed by atoms with Crippen molar-refractivity contribution in [2.75, 3.05) is 5.32 Å². The van der Waals surface area contributed by atoms with Gasteiger partial charge in [-0.1, -0.05) is 46.4 Å². The Hall–Kier alpha value is -1.65. The average molecular weight is 401 g/mol. The number of rotatable bonds is 3. The molecule has 2 aromatic carbocycles. The fraction of sp³-hybridized carbons (Fsp3) is 0. The summed E-state index contributed by atoms with van der Waals surface area (Å²) in [5.41, 5.74) is 1.08. The fourth-order valence-corrected chi connectivity index (χ4v) is 3.03. The minimum absolute atomic E-state index is 0.127. The highest BCUT2D eigenvalue weighted by atomic mass is 35.5. The van der Waals surface area contributed by atoms with Crippen molar-refractivity contribution >= 4 is 58.0 Å². The first-order chi connectivity index (χ1) is 11.4. The summed E-state index contributed by atoms with van der Waals surface area (Å²) in [6, 6.07) is 13.0. The molecule has 1 N–H and O–H groups in total. The first-order valence-corrected chi connectivity index (χ1v) is 8.27. The molecular formula is C17H9Cl4NO2. The van der Waals surface area contributed by atoms with Crippen molar-refractivity contribution in [3.05, 3.63) is 74.4 Å². The average Bonchev–Trinajstić information content (AvgIpc) is 3.00. The molecule has 0 radical (unpaired) electrons. The van der Waals surface area contributed by atoms with Gasteiger partial charge < -0.3 is 9.73 Å². The number of hydrogen-bond acceptors (Lipinski definition) is 2. The van der Waals surface area contributed by atoms with Gasteiger partial charge in [0.05, 0.1) is 15.7 Å². The number of carbonyl (C=O) groups is 1. The van der Waals surface area contributed by atoms with Crippen LogP contribution in [0.1, 0.15) is 10.6 Å². The van der Waals surface area contributed by atoms with Gasteiger partial charge in [0.1, 0.15) is 5.76 Å². The maximum absolute atomic E-state index is 12.3. The molecule has 0 spiro atoms. The summed E-state index contributed by atoms with van der Waals surface area (Å²) in [7, 11) is 0. The zero-order chi connectivity index (χ0) is 17.3. The Morgan fingerprint density at radius 2 is 1.50 bits per heavy atom. The lowest BCUT2D eigenvalue weighted by atomic mass is 10.2. The maximum atomic E-state index is 12.3. The predicted octanol–water partition coefficient (Wildman–Crippen LogP) is 6.81. The molecule has 24 heavy (non-hydrogen) atoms. The van der Waals surface area contributed by atoms with E-state index in [0.717, 1.165) is 0 Å². The van der Waals surface area contributed by atoms with Gasteiger partial charge in [0.15, 0.2) is 5.76 Å². The van der Waals surface area contributed by atoms with Crippen LogP contribution in [0.5, 0.6) is 0 Å². The van der Waals surface area contributed by atoms with E-state index in [1.807, 2.05) is 0 Å². The smallest absolute Gasteiger partial charge is 0.291 e. The van der Waals surface area contributed by atoms with Crippen molar-refractivity contribution in [1.82, 2.24) is 0 Å². The molecule has 0 aliphatic rings. The minimum atomic E-state index is -0.435.